The van der Waals surface area contributed by atoms with Gasteiger partial charge in [0.15, 0.2) is 0 Å². The Bertz CT molecular complexity index is 620. The standard InChI is InChI=1S/C15H23ClN2O2S.ClH/c1-10(2)12-4-5-13(16)15(8-12)21(19,20)18-7-6-14(17)11(3)9-18;/h4-5,8,10-11,14H,6-7,9,17H2,1-3H3;1H. The largest absolute Gasteiger partial charge is 0.327 e. The molecule has 0 saturated carbocycles. The van der Waals surface area contributed by atoms with E-state index >= 15 is 0 Å². The molecule has 1 aliphatic heterocycles. The molecule has 2 N–H and O–H groups in total. The van der Waals surface area contributed by atoms with Crippen LogP contribution in [0, 0.1) is 5.92 Å². The highest BCUT2D eigenvalue weighted by Gasteiger charge is 2.33. The molecule has 1 aromatic rings. The lowest BCUT2D eigenvalue weighted by atomic mass is 9.96. The van der Waals surface area contributed by atoms with Crippen molar-refractivity contribution in [1.82, 2.24) is 4.31 Å². The van der Waals surface area contributed by atoms with Gasteiger partial charge in [0, 0.05) is 19.1 Å². The second-order valence-electron chi connectivity index (χ2n) is 6.14. The molecule has 1 heterocycles. The highest BCUT2D eigenvalue weighted by atomic mass is 35.5. The maximum atomic E-state index is 12.8. The van der Waals surface area contributed by atoms with Gasteiger partial charge in [-0.25, -0.2) is 8.42 Å². The molecule has 2 rings (SSSR count). The summed E-state index contributed by atoms with van der Waals surface area (Å²) in [5.74, 6) is 0.408. The van der Waals surface area contributed by atoms with Gasteiger partial charge in [0.05, 0.1) is 5.02 Å². The molecule has 0 radical (unpaired) electrons. The molecule has 22 heavy (non-hydrogen) atoms. The minimum Gasteiger partial charge on any atom is -0.327 e. The van der Waals surface area contributed by atoms with Crippen LogP contribution in [-0.2, 0) is 10.0 Å². The van der Waals surface area contributed by atoms with Crippen molar-refractivity contribution in [3.63, 3.8) is 0 Å². The molecule has 1 aliphatic rings. The van der Waals surface area contributed by atoms with Crippen LogP contribution in [0.15, 0.2) is 23.1 Å². The number of rotatable bonds is 3. The molecule has 1 fully saturated rings. The fraction of sp³-hybridized carbons (Fsp3) is 0.600. The molecule has 0 aliphatic carbocycles. The molecule has 0 aromatic heterocycles. The molecule has 2 unspecified atom stereocenters. The first kappa shape index (κ1) is 19.7. The molecular weight excluding hydrogens is 343 g/mol. The summed E-state index contributed by atoms with van der Waals surface area (Å²) >= 11 is 6.14. The van der Waals surface area contributed by atoms with E-state index in [4.69, 9.17) is 17.3 Å². The number of halogens is 2. The van der Waals surface area contributed by atoms with E-state index < -0.39 is 10.0 Å². The van der Waals surface area contributed by atoms with Crippen LogP contribution >= 0.6 is 24.0 Å². The van der Waals surface area contributed by atoms with Gasteiger partial charge in [-0.1, -0.05) is 38.4 Å². The number of nitrogens with zero attached hydrogens (tertiary/aromatic N) is 1. The van der Waals surface area contributed by atoms with Crippen molar-refractivity contribution in [3.8, 4) is 0 Å². The average Bonchev–Trinajstić information content (AvgIpc) is 2.41. The summed E-state index contributed by atoms with van der Waals surface area (Å²) in [6.07, 6.45) is 0.682. The Morgan fingerprint density at radius 3 is 2.55 bits per heavy atom. The van der Waals surface area contributed by atoms with Crippen molar-refractivity contribution in [2.24, 2.45) is 11.7 Å². The quantitative estimate of drug-likeness (QED) is 0.892. The second-order valence-corrected chi connectivity index (χ2v) is 8.45. The molecular formula is C15H24Cl2N2O2S. The summed E-state index contributed by atoms with van der Waals surface area (Å²) in [5.41, 5.74) is 6.94. The summed E-state index contributed by atoms with van der Waals surface area (Å²) in [5, 5.41) is 0.280. The summed E-state index contributed by atoms with van der Waals surface area (Å²) in [4.78, 5) is 0.207. The van der Waals surface area contributed by atoms with Crippen LogP contribution in [0.5, 0.6) is 0 Å². The van der Waals surface area contributed by atoms with Crippen LogP contribution in [0.25, 0.3) is 0 Å². The zero-order valence-electron chi connectivity index (χ0n) is 13.1. The number of piperidine rings is 1. The van der Waals surface area contributed by atoms with Crippen molar-refractivity contribution < 1.29 is 8.42 Å². The molecule has 1 aromatic carbocycles. The van der Waals surface area contributed by atoms with Gasteiger partial charge in [-0.05, 0) is 36.0 Å². The third-order valence-corrected chi connectivity index (χ3v) is 6.52. The van der Waals surface area contributed by atoms with E-state index in [1.165, 1.54) is 4.31 Å². The van der Waals surface area contributed by atoms with Crippen LogP contribution in [0.1, 0.15) is 38.7 Å². The van der Waals surface area contributed by atoms with Gasteiger partial charge in [0.25, 0.3) is 0 Å². The van der Waals surface area contributed by atoms with Crippen molar-refractivity contribution in [1.29, 1.82) is 0 Å². The Morgan fingerprint density at radius 1 is 1.36 bits per heavy atom. The first-order chi connectivity index (χ1) is 9.73. The number of nitrogens with two attached hydrogens (primary N) is 1. The van der Waals surface area contributed by atoms with E-state index in [0.717, 1.165) is 5.56 Å². The van der Waals surface area contributed by atoms with Gasteiger partial charge in [0.1, 0.15) is 4.90 Å². The lowest BCUT2D eigenvalue weighted by Crippen LogP contribution is -2.48. The SMILES string of the molecule is CC(C)c1ccc(Cl)c(S(=O)(=O)N2CCC(N)C(C)C2)c1.Cl. The predicted octanol–water partition coefficient (Wildman–Crippen LogP) is 3.24. The predicted molar refractivity (Wildman–Crippen MR) is 93.3 cm³/mol. The fourth-order valence-corrected chi connectivity index (χ4v) is 4.62. The van der Waals surface area contributed by atoms with Crippen LogP contribution in [0.2, 0.25) is 5.02 Å². The topological polar surface area (TPSA) is 63.4 Å². The van der Waals surface area contributed by atoms with E-state index in [9.17, 15) is 8.42 Å². The third-order valence-electron chi connectivity index (χ3n) is 4.17. The van der Waals surface area contributed by atoms with Crippen LogP contribution in [0.4, 0.5) is 0 Å². The number of hydrogen-bond donors (Lipinski definition) is 1. The Balaban J connectivity index is 0.00000242. The Morgan fingerprint density at radius 2 is 2.00 bits per heavy atom. The Labute approximate surface area is 144 Å². The monoisotopic (exact) mass is 366 g/mol. The molecule has 0 spiro atoms. The smallest absolute Gasteiger partial charge is 0.244 e. The van der Waals surface area contributed by atoms with Gasteiger partial charge in [-0.15, -0.1) is 12.4 Å². The molecule has 4 nitrogen and oxygen atoms in total. The average molecular weight is 367 g/mol. The normalized spacial score (nSPS) is 23.4. The summed E-state index contributed by atoms with van der Waals surface area (Å²) in [6, 6.07) is 5.31. The van der Waals surface area contributed by atoms with Gasteiger partial charge >= 0.3 is 0 Å². The minimum atomic E-state index is -3.56. The first-order valence-electron chi connectivity index (χ1n) is 7.28. The fourth-order valence-electron chi connectivity index (χ4n) is 2.56. The molecule has 0 amide bonds. The summed E-state index contributed by atoms with van der Waals surface area (Å²) in [7, 11) is -3.56. The van der Waals surface area contributed by atoms with Crippen molar-refractivity contribution in [2.75, 3.05) is 13.1 Å². The first-order valence-corrected chi connectivity index (χ1v) is 9.10. The zero-order valence-corrected chi connectivity index (χ0v) is 15.5. The van der Waals surface area contributed by atoms with Gasteiger partial charge in [-0.2, -0.15) is 4.31 Å². The van der Waals surface area contributed by atoms with Crippen molar-refractivity contribution >= 4 is 34.0 Å². The summed E-state index contributed by atoms with van der Waals surface area (Å²) < 4.78 is 27.2. The van der Waals surface area contributed by atoms with E-state index in [2.05, 4.69) is 0 Å². The lowest BCUT2D eigenvalue weighted by molar-refractivity contribution is 0.250. The molecule has 0 bridgehead atoms. The number of hydrogen-bond acceptors (Lipinski definition) is 3. The van der Waals surface area contributed by atoms with Gasteiger partial charge in [0.2, 0.25) is 10.0 Å². The van der Waals surface area contributed by atoms with E-state index in [0.29, 0.717) is 19.5 Å². The zero-order chi connectivity index (χ0) is 15.8. The third kappa shape index (κ3) is 3.95. The molecule has 1 saturated heterocycles. The van der Waals surface area contributed by atoms with Crippen molar-refractivity contribution in [3.05, 3.63) is 28.8 Å². The Kier molecular flexibility index (Phi) is 6.72. The lowest BCUT2D eigenvalue weighted by Gasteiger charge is -2.34. The van der Waals surface area contributed by atoms with E-state index in [-0.39, 0.29) is 40.2 Å². The highest BCUT2D eigenvalue weighted by Crippen LogP contribution is 2.30. The van der Waals surface area contributed by atoms with Crippen molar-refractivity contribution in [2.45, 2.75) is 44.0 Å². The van der Waals surface area contributed by atoms with Crippen LogP contribution in [-0.4, -0.2) is 31.9 Å². The maximum Gasteiger partial charge on any atom is 0.244 e. The number of benzene rings is 1. The van der Waals surface area contributed by atoms with E-state index in [1.54, 1.807) is 12.1 Å². The molecule has 7 heteroatoms. The molecule has 2 atom stereocenters. The minimum absolute atomic E-state index is 0. The maximum absolute atomic E-state index is 12.8. The van der Waals surface area contributed by atoms with Gasteiger partial charge < -0.3 is 5.73 Å². The summed E-state index contributed by atoms with van der Waals surface area (Å²) in [6.45, 7) is 6.95. The van der Waals surface area contributed by atoms with E-state index in [1.807, 2.05) is 26.8 Å². The van der Waals surface area contributed by atoms with Gasteiger partial charge in [-0.3, -0.25) is 0 Å². The molecule has 126 valence electrons. The highest BCUT2D eigenvalue weighted by molar-refractivity contribution is 7.89. The van der Waals surface area contributed by atoms with Crippen LogP contribution in [0.3, 0.4) is 0 Å². The second kappa shape index (κ2) is 7.49. The Hall–Kier alpha value is -0.330. The van der Waals surface area contributed by atoms with Crippen LogP contribution < -0.4 is 5.73 Å². The number of sulfonamides is 1.